The molecule has 1 saturated heterocycles. The zero-order valence-corrected chi connectivity index (χ0v) is 18.7. The lowest BCUT2D eigenvalue weighted by Crippen LogP contribution is -2.55. The Bertz CT molecular complexity index is 777. The van der Waals surface area contributed by atoms with Crippen LogP contribution >= 0.6 is 0 Å². The zero-order valence-electron chi connectivity index (χ0n) is 18.7. The molecule has 1 amide bonds. The average molecular weight is 445 g/mol. The largest absolute Gasteiger partial charge is 0.494 e. The predicted molar refractivity (Wildman–Crippen MR) is 123 cm³/mol. The van der Waals surface area contributed by atoms with Crippen LogP contribution in [0.15, 0.2) is 24.3 Å². The van der Waals surface area contributed by atoms with Gasteiger partial charge in [0.25, 0.3) is 0 Å². The van der Waals surface area contributed by atoms with Gasteiger partial charge in [0.2, 0.25) is 5.91 Å². The van der Waals surface area contributed by atoms with E-state index in [0.717, 1.165) is 44.9 Å². The summed E-state index contributed by atoms with van der Waals surface area (Å²) >= 11 is 0. The fraction of sp³-hybridized carbons (Fsp3) is 0.625. The van der Waals surface area contributed by atoms with E-state index in [1.54, 1.807) is 24.3 Å². The number of nitrogens with one attached hydrogen (secondary N) is 2. The van der Waals surface area contributed by atoms with E-state index < -0.39 is 12.0 Å². The quantitative estimate of drug-likeness (QED) is 0.324. The molecule has 0 aromatic heterocycles. The molecule has 1 aliphatic carbocycles. The first-order chi connectivity index (χ1) is 15.4. The van der Waals surface area contributed by atoms with E-state index in [-0.39, 0.29) is 30.2 Å². The van der Waals surface area contributed by atoms with Crippen LogP contribution in [0.4, 0.5) is 0 Å². The third-order valence-corrected chi connectivity index (χ3v) is 6.51. The fourth-order valence-electron chi connectivity index (χ4n) is 4.78. The Labute approximate surface area is 190 Å². The van der Waals surface area contributed by atoms with Crippen molar-refractivity contribution in [3.63, 3.8) is 0 Å². The molecule has 1 saturated carbocycles. The van der Waals surface area contributed by atoms with Crippen molar-refractivity contribution in [3.05, 3.63) is 29.8 Å². The highest BCUT2D eigenvalue weighted by Gasteiger charge is 2.34. The maximum absolute atomic E-state index is 13.4. The molecule has 2 fully saturated rings. The number of likely N-dealkylation sites (tertiary alicyclic amines) is 1. The number of hydrogen-bond donors (Lipinski definition) is 4. The average Bonchev–Trinajstić information content (AvgIpc) is 2.79. The summed E-state index contributed by atoms with van der Waals surface area (Å²) in [6.07, 6.45) is 8.89. The number of ether oxygens (including phenoxy) is 1. The molecule has 2 unspecified atom stereocenters. The van der Waals surface area contributed by atoms with Crippen LogP contribution in [-0.4, -0.2) is 59.0 Å². The van der Waals surface area contributed by atoms with E-state index in [9.17, 15) is 14.7 Å². The van der Waals surface area contributed by atoms with Crippen LogP contribution < -0.4 is 15.8 Å². The van der Waals surface area contributed by atoms with Gasteiger partial charge in [-0.2, -0.15) is 0 Å². The second-order valence-electron chi connectivity index (χ2n) is 8.91. The molecule has 1 aromatic rings. The highest BCUT2D eigenvalue weighted by Crippen LogP contribution is 2.24. The minimum atomic E-state index is -0.947. The van der Waals surface area contributed by atoms with Crippen LogP contribution in [-0.2, 0) is 9.59 Å². The van der Waals surface area contributed by atoms with Gasteiger partial charge < -0.3 is 25.8 Å². The molecule has 0 radical (unpaired) electrons. The summed E-state index contributed by atoms with van der Waals surface area (Å²) < 4.78 is 5.86. The van der Waals surface area contributed by atoms with Crippen LogP contribution in [0.2, 0.25) is 0 Å². The number of carboxylic acid groups (broad SMARTS) is 1. The molecule has 176 valence electrons. The van der Waals surface area contributed by atoms with Gasteiger partial charge in [-0.1, -0.05) is 19.3 Å². The Morgan fingerprint density at radius 3 is 2.47 bits per heavy atom. The van der Waals surface area contributed by atoms with Gasteiger partial charge in [0, 0.05) is 30.6 Å². The van der Waals surface area contributed by atoms with Crippen molar-refractivity contribution in [2.75, 3.05) is 13.2 Å². The number of carbonyl (C=O) groups excluding carboxylic acids is 1. The third-order valence-electron chi connectivity index (χ3n) is 6.51. The van der Waals surface area contributed by atoms with Crippen LogP contribution in [0.3, 0.4) is 0 Å². The van der Waals surface area contributed by atoms with Gasteiger partial charge in [0.1, 0.15) is 11.6 Å². The number of benzene rings is 1. The van der Waals surface area contributed by atoms with E-state index in [1.165, 1.54) is 6.42 Å². The number of aliphatic carboxylic acids is 1. The van der Waals surface area contributed by atoms with Crippen molar-refractivity contribution < 1.29 is 19.4 Å². The number of nitrogens with two attached hydrogens (primary N) is 1. The number of carboxylic acids is 1. The summed E-state index contributed by atoms with van der Waals surface area (Å²) in [6, 6.07) is 6.69. The lowest BCUT2D eigenvalue weighted by molar-refractivity contribution is -0.144. The number of hydrogen-bond acceptors (Lipinski definition) is 5. The van der Waals surface area contributed by atoms with Crippen LogP contribution in [0.5, 0.6) is 5.75 Å². The van der Waals surface area contributed by atoms with E-state index in [0.29, 0.717) is 30.9 Å². The standard InChI is InChI=1S/C24H36N4O4/c25-23(26)17-9-11-20(12-10-17)32-15-13-19-8-4-5-14-28(19)24(31)21(16-22(29)30)27-18-6-2-1-3-7-18/h9-12,18-19,21,27H,1-8,13-16H2,(H3,25,26)(H,29,30). The summed E-state index contributed by atoms with van der Waals surface area (Å²) in [5.41, 5.74) is 6.13. The fourth-order valence-corrected chi connectivity index (χ4v) is 4.78. The van der Waals surface area contributed by atoms with Gasteiger partial charge in [-0.15, -0.1) is 0 Å². The summed E-state index contributed by atoms with van der Waals surface area (Å²) in [5.74, 6) is -0.317. The van der Waals surface area contributed by atoms with Crippen molar-refractivity contribution in [1.29, 1.82) is 5.41 Å². The number of amidine groups is 1. The smallest absolute Gasteiger partial charge is 0.305 e. The zero-order chi connectivity index (χ0) is 22.9. The van der Waals surface area contributed by atoms with Gasteiger partial charge in [0.15, 0.2) is 0 Å². The first kappa shape index (κ1) is 24.0. The molecular weight excluding hydrogens is 408 g/mol. The summed E-state index contributed by atoms with van der Waals surface area (Å²) in [5, 5.41) is 20.2. The molecule has 1 heterocycles. The normalized spacial score (nSPS) is 20.5. The number of nitrogen functional groups attached to an aromatic ring is 1. The Kier molecular flexibility index (Phi) is 8.90. The van der Waals surface area contributed by atoms with Gasteiger partial charge in [-0.05, 0) is 56.4 Å². The topological polar surface area (TPSA) is 129 Å². The molecule has 8 nitrogen and oxygen atoms in total. The SMILES string of the molecule is N=C(N)c1ccc(OCCC2CCCCN2C(=O)C(CC(=O)O)NC2CCCCC2)cc1. The molecular formula is C24H36N4O4. The Morgan fingerprint density at radius 2 is 1.81 bits per heavy atom. The molecule has 2 aliphatic rings. The molecule has 32 heavy (non-hydrogen) atoms. The third kappa shape index (κ3) is 6.95. The second-order valence-corrected chi connectivity index (χ2v) is 8.91. The van der Waals surface area contributed by atoms with Gasteiger partial charge in [0.05, 0.1) is 19.1 Å². The lowest BCUT2D eigenvalue weighted by atomic mass is 9.93. The molecule has 8 heteroatoms. The van der Waals surface area contributed by atoms with Crippen molar-refractivity contribution in [3.8, 4) is 5.75 Å². The molecule has 0 spiro atoms. The monoisotopic (exact) mass is 444 g/mol. The number of amides is 1. The van der Waals surface area contributed by atoms with Crippen molar-refractivity contribution in [1.82, 2.24) is 10.2 Å². The maximum Gasteiger partial charge on any atom is 0.305 e. The van der Waals surface area contributed by atoms with Gasteiger partial charge in [-0.25, -0.2) is 0 Å². The first-order valence-electron chi connectivity index (χ1n) is 11.8. The Hall–Kier alpha value is -2.61. The number of nitrogens with zero attached hydrogens (tertiary/aromatic N) is 1. The van der Waals surface area contributed by atoms with Gasteiger partial charge >= 0.3 is 5.97 Å². The maximum atomic E-state index is 13.4. The minimum absolute atomic E-state index is 0.0191. The molecule has 3 rings (SSSR count). The highest BCUT2D eigenvalue weighted by molar-refractivity contribution is 5.94. The Morgan fingerprint density at radius 1 is 1.12 bits per heavy atom. The molecule has 0 bridgehead atoms. The van der Waals surface area contributed by atoms with E-state index in [4.69, 9.17) is 15.9 Å². The molecule has 1 aliphatic heterocycles. The molecule has 1 aromatic carbocycles. The second kappa shape index (κ2) is 11.9. The summed E-state index contributed by atoms with van der Waals surface area (Å²) in [6.45, 7) is 1.13. The molecule has 2 atom stereocenters. The Balaban J connectivity index is 1.58. The van der Waals surface area contributed by atoms with E-state index in [2.05, 4.69) is 5.32 Å². The van der Waals surface area contributed by atoms with Crippen LogP contribution in [0.25, 0.3) is 0 Å². The highest BCUT2D eigenvalue weighted by atomic mass is 16.5. The predicted octanol–water partition coefficient (Wildman–Crippen LogP) is 2.89. The minimum Gasteiger partial charge on any atom is -0.494 e. The van der Waals surface area contributed by atoms with Crippen molar-refractivity contribution >= 4 is 17.7 Å². The number of carbonyl (C=O) groups is 2. The van der Waals surface area contributed by atoms with E-state index >= 15 is 0 Å². The summed E-state index contributed by atoms with van der Waals surface area (Å²) in [4.78, 5) is 26.7. The van der Waals surface area contributed by atoms with Gasteiger partial charge in [-0.3, -0.25) is 15.0 Å². The van der Waals surface area contributed by atoms with Crippen LogP contribution in [0.1, 0.15) is 69.8 Å². The molecule has 5 N–H and O–H groups in total. The van der Waals surface area contributed by atoms with Crippen molar-refractivity contribution in [2.45, 2.75) is 82.3 Å². The van der Waals surface area contributed by atoms with Crippen molar-refractivity contribution in [2.24, 2.45) is 5.73 Å². The van der Waals surface area contributed by atoms with E-state index in [1.807, 2.05) is 4.90 Å². The number of rotatable bonds is 10. The van der Waals surface area contributed by atoms with Crippen LogP contribution in [0, 0.1) is 5.41 Å². The lowest BCUT2D eigenvalue weighted by Gasteiger charge is -2.39. The first-order valence-corrected chi connectivity index (χ1v) is 11.8. The summed E-state index contributed by atoms with van der Waals surface area (Å²) in [7, 11) is 0. The number of piperidine rings is 1.